The average molecular weight is 679 g/mol. The third-order valence-electron chi connectivity index (χ3n) is 8.43. The zero-order valence-electron chi connectivity index (χ0n) is 27.0. The molecule has 0 radical (unpaired) electrons. The van der Waals surface area contributed by atoms with E-state index in [-0.39, 0.29) is 23.8 Å². The van der Waals surface area contributed by atoms with Crippen LogP contribution in [0.5, 0.6) is 0 Å². The van der Waals surface area contributed by atoms with Crippen molar-refractivity contribution in [2.45, 2.75) is 56.9 Å². The highest BCUT2D eigenvalue weighted by atomic mass is 35.5. The smallest absolute Gasteiger partial charge is 0.337 e. The predicted octanol–water partition coefficient (Wildman–Crippen LogP) is 8.45. The van der Waals surface area contributed by atoms with E-state index in [1.165, 1.54) is 0 Å². The SMILES string of the molecule is O=C(O)c1cc([C@@H]2O[C@H](COCc3ccccc3)[C@@H](OCc3ccccc3)[C@H](OCc3ccccc3)[C@H]2OCc2ccccc2)ccc1Cl. The Labute approximate surface area is 291 Å². The Morgan fingerprint density at radius 1 is 0.592 bits per heavy atom. The van der Waals surface area contributed by atoms with Crippen molar-refractivity contribution in [2.24, 2.45) is 0 Å². The van der Waals surface area contributed by atoms with Crippen LogP contribution in [-0.2, 0) is 50.1 Å². The fourth-order valence-corrected chi connectivity index (χ4v) is 6.14. The van der Waals surface area contributed by atoms with Crippen LogP contribution in [0.4, 0.5) is 0 Å². The zero-order valence-corrected chi connectivity index (χ0v) is 27.7. The minimum atomic E-state index is -1.13. The number of ether oxygens (including phenoxy) is 5. The summed E-state index contributed by atoms with van der Waals surface area (Å²) in [5.41, 5.74) is 4.57. The molecule has 49 heavy (non-hydrogen) atoms. The molecule has 1 saturated heterocycles. The molecule has 0 amide bonds. The van der Waals surface area contributed by atoms with Crippen molar-refractivity contribution in [1.82, 2.24) is 0 Å². The van der Waals surface area contributed by atoms with Crippen molar-refractivity contribution in [3.8, 4) is 0 Å². The average Bonchev–Trinajstić information content (AvgIpc) is 3.14. The normalized spacial score (nSPS) is 20.6. The van der Waals surface area contributed by atoms with E-state index in [1.54, 1.807) is 18.2 Å². The molecule has 0 saturated carbocycles. The lowest BCUT2D eigenvalue weighted by Gasteiger charge is -2.46. The van der Waals surface area contributed by atoms with Gasteiger partial charge in [-0.3, -0.25) is 0 Å². The van der Waals surface area contributed by atoms with Gasteiger partial charge < -0.3 is 28.8 Å². The summed E-state index contributed by atoms with van der Waals surface area (Å²) >= 11 is 6.31. The van der Waals surface area contributed by atoms with Gasteiger partial charge in [0.1, 0.15) is 30.5 Å². The van der Waals surface area contributed by atoms with Crippen LogP contribution in [0.25, 0.3) is 0 Å². The van der Waals surface area contributed by atoms with Gasteiger partial charge in [-0.15, -0.1) is 0 Å². The molecule has 0 unspecified atom stereocenters. The minimum Gasteiger partial charge on any atom is -0.478 e. The molecule has 5 aromatic rings. The van der Waals surface area contributed by atoms with Crippen molar-refractivity contribution in [3.63, 3.8) is 0 Å². The largest absolute Gasteiger partial charge is 0.478 e. The predicted molar refractivity (Wildman–Crippen MR) is 187 cm³/mol. The summed E-state index contributed by atoms with van der Waals surface area (Å²) in [7, 11) is 0. The summed E-state index contributed by atoms with van der Waals surface area (Å²) in [6.45, 7) is 1.46. The third-order valence-corrected chi connectivity index (χ3v) is 8.76. The molecule has 1 N–H and O–H groups in total. The molecular formula is C41H39ClO7. The van der Waals surface area contributed by atoms with E-state index in [1.807, 2.05) is 121 Å². The molecule has 1 aliphatic rings. The third kappa shape index (κ3) is 9.43. The number of carbonyl (C=O) groups is 1. The molecule has 0 aromatic heterocycles. The molecule has 0 bridgehead atoms. The number of carboxylic acid groups (broad SMARTS) is 1. The molecule has 8 heteroatoms. The van der Waals surface area contributed by atoms with Gasteiger partial charge in [0.05, 0.1) is 43.6 Å². The van der Waals surface area contributed by atoms with Crippen LogP contribution in [0.2, 0.25) is 5.02 Å². The van der Waals surface area contributed by atoms with E-state index in [9.17, 15) is 9.90 Å². The molecule has 5 aromatic carbocycles. The maximum Gasteiger partial charge on any atom is 0.337 e. The van der Waals surface area contributed by atoms with Crippen molar-refractivity contribution in [2.75, 3.05) is 6.61 Å². The van der Waals surface area contributed by atoms with Crippen molar-refractivity contribution >= 4 is 17.6 Å². The molecule has 7 nitrogen and oxygen atoms in total. The first-order valence-electron chi connectivity index (χ1n) is 16.3. The number of carboxylic acids is 1. The van der Waals surface area contributed by atoms with Crippen molar-refractivity contribution < 1.29 is 33.6 Å². The summed E-state index contributed by atoms with van der Waals surface area (Å²) in [4.78, 5) is 12.2. The number of halogens is 1. The fourth-order valence-electron chi connectivity index (χ4n) is 5.94. The number of rotatable bonds is 15. The van der Waals surface area contributed by atoms with E-state index < -0.39 is 36.5 Å². The molecule has 1 aliphatic heterocycles. The van der Waals surface area contributed by atoms with Gasteiger partial charge in [-0.25, -0.2) is 4.79 Å². The number of hydrogen-bond donors (Lipinski definition) is 1. The van der Waals surface area contributed by atoms with Gasteiger partial charge >= 0.3 is 5.97 Å². The lowest BCUT2D eigenvalue weighted by molar-refractivity contribution is -0.275. The number of benzene rings is 5. The molecule has 252 valence electrons. The van der Waals surface area contributed by atoms with Crippen LogP contribution >= 0.6 is 11.6 Å². The number of hydrogen-bond acceptors (Lipinski definition) is 6. The lowest BCUT2D eigenvalue weighted by Crippen LogP contribution is -2.58. The van der Waals surface area contributed by atoms with Crippen LogP contribution in [-0.4, -0.2) is 42.1 Å². The van der Waals surface area contributed by atoms with Crippen molar-refractivity contribution in [1.29, 1.82) is 0 Å². The van der Waals surface area contributed by atoms with E-state index >= 15 is 0 Å². The van der Waals surface area contributed by atoms with Gasteiger partial charge in [0.15, 0.2) is 0 Å². The quantitative estimate of drug-likeness (QED) is 0.119. The molecule has 0 aliphatic carbocycles. The Bertz CT molecular complexity index is 1740. The Morgan fingerprint density at radius 2 is 1.04 bits per heavy atom. The van der Waals surface area contributed by atoms with Gasteiger partial charge in [0.2, 0.25) is 0 Å². The molecule has 5 atom stereocenters. The first kappa shape index (κ1) is 34.5. The lowest BCUT2D eigenvalue weighted by atomic mass is 9.89. The second-order valence-electron chi connectivity index (χ2n) is 11.9. The van der Waals surface area contributed by atoms with Crippen LogP contribution in [0.1, 0.15) is 44.3 Å². The van der Waals surface area contributed by atoms with E-state index in [4.69, 9.17) is 35.3 Å². The van der Waals surface area contributed by atoms with E-state index in [0.717, 1.165) is 22.3 Å². The molecule has 1 heterocycles. The summed E-state index contributed by atoms with van der Waals surface area (Å²) in [6, 6.07) is 44.6. The monoisotopic (exact) mass is 678 g/mol. The molecule has 1 fully saturated rings. The molecular weight excluding hydrogens is 640 g/mol. The number of aromatic carboxylic acids is 1. The standard InChI is InChI=1S/C41H39ClO7/c42-35-22-21-33(23-34(35)41(43)44)37-39(47-26-31-17-9-3-10-18-31)40(48-27-32-19-11-4-12-20-32)38(46-25-30-15-7-2-8-16-30)36(49-37)28-45-24-29-13-5-1-6-14-29/h1-23,36-40H,24-28H2,(H,43,44)/t36-,37+,38-,39+,40+/m1/s1. The Hall–Kier alpha value is -4.34. The first-order valence-corrected chi connectivity index (χ1v) is 16.7. The summed E-state index contributed by atoms with van der Waals surface area (Å²) in [6.07, 6.45) is -3.28. The topological polar surface area (TPSA) is 83.5 Å². The maximum absolute atomic E-state index is 12.2. The fraction of sp³-hybridized carbons (Fsp3) is 0.244. The van der Waals surface area contributed by atoms with Gasteiger partial charge in [-0.1, -0.05) is 139 Å². The summed E-state index contributed by atoms with van der Waals surface area (Å²) in [5.74, 6) is -1.13. The second-order valence-corrected chi connectivity index (χ2v) is 12.3. The summed E-state index contributed by atoms with van der Waals surface area (Å²) < 4.78 is 33.4. The highest BCUT2D eigenvalue weighted by Gasteiger charge is 2.49. The minimum absolute atomic E-state index is 0.0225. The van der Waals surface area contributed by atoms with Crippen LogP contribution < -0.4 is 0 Å². The Kier molecular flexibility index (Phi) is 12.2. The first-order chi connectivity index (χ1) is 24.0. The second kappa shape index (κ2) is 17.4. The molecule has 6 rings (SSSR count). The molecule has 0 spiro atoms. The Morgan fingerprint density at radius 3 is 1.53 bits per heavy atom. The highest BCUT2D eigenvalue weighted by molar-refractivity contribution is 6.33. The van der Waals surface area contributed by atoms with Crippen LogP contribution in [0.3, 0.4) is 0 Å². The Balaban J connectivity index is 1.38. The zero-order chi connectivity index (χ0) is 33.8. The van der Waals surface area contributed by atoms with Gasteiger partial charge in [0.25, 0.3) is 0 Å². The van der Waals surface area contributed by atoms with E-state index in [0.29, 0.717) is 25.4 Å². The van der Waals surface area contributed by atoms with Gasteiger partial charge in [-0.05, 0) is 39.9 Å². The van der Waals surface area contributed by atoms with Crippen LogP contribution in [0, 0.1) is 0 Å². The maximum atomic E-state index is 12.2. The van der Waals surface area contributed by atoms with Crippen LogP contribution in [0.15, 0.2) is 140 Å². The summed E-state index contributed by atoms with van der Waals surface area (Å²) in [5, 5.41) is 10.1. The van der Waals surface area contributed by atoms with Crippen molar-refractivity contribution in [3.05, 3.63) is 178 Å². The van der Waals surface area contributed by atoms with Gasteiger partial charge in [-0.2, -0.15) is 0 Å². The van der Waals surface area contributed by atoms with Gasteiger partial charge in [0, 0.05) is 0 Å². The highest BCUT2D eigenvalue weighted by Crippen LogP contribution is 2.39. The van der Waals surface area contributed by atoms with E-state index in [2.05, 4.69) is 0 Å².